The van der Waals surface area contributed by atoms with Crippen molar-refractivity contribution >= 4 is 27.9 Å². The third-order valence-electron chi connectivity index (χ3n) is 7.03. The van der Waals surface area contributed by atoms with Crippen molar-refractivity contribution in [3.05, 3.63) is 113 Å². The molecule has 2 N–H and O–H groups in total. The number of Topliss-reactive ketones (excluding diaryl/α,β-unsaturated/α-hetero) is 1. The molecule has 1 aliphatic carbocycles. The Labute approximate surface area is 199 Å². The number of rotatable bonds is 3. The molecule has 6 rings (SSSR count). The largest absolute Gasteiger partial charge is 0.497 e. The molecule has 4 aromatic rings. The molecule has 0 amide bonds. The minimum Gasteiger partial charge on any atom is -0.497 e. The molecule has 34 heavy (non-hydrogen) atoms. The van der Waals surface area contributed by atoms with Gasteiger partial charge in [-0.25, -0.2) is 0 Å². The quantitative estimate of drug-likeness (QED) is 0.362. The first-order valence-electron chi connectivity index (χ1n) is 11.7. The van der Waals surface area contributed by atoms with Gasteiger partial charge < -0.3 is 15.4 Å². The van der Waals surface area contributed by atoms with Crippen LogP contribution in [-0.2, 0) is 4.79 Å². The maximum absolute atomic E-state index is 13.8. The molecular weight excluding hydrogens is 420 g/mol. The fourth-order valence-electron chi connectivity index (χ4n) is 5.34. The fraction of sp³-hybridized carbons (Fsp3) is 0.167. The Bertz CT molecular complexity index is 1420. The second kappa shape index (κ2) is 8.38. The highest BCUT2D eigenvalue weighted by Gasteiger charge is 2.36. The first-order valence-corrected chi connectivity index (χ1v) is 11.7. The number of fused-ring (bicyclic) bond motifs is 2. The van der Waals surface area contributed by atoms with Crippen molar-refractivity contribution in [2.45, 2.75) is 24.8 Å². The van der Waals surface area contributed by atoms with E-state index in [9.17, 15) is 4.79 Å². The minimum absolute atomic E-state index is 0.128. The highest BCUT2D eigenvalue weighted by atomic mass is 16.5. The standard InChI is InChI=1S/C30H26N2O2/c1-34-22-15-13-19(14-16-22)21-17-27-29(28(33)18-21)30(32-26-12-5-4-11-25(26)31-27)24-10-6-8-20-7-2-3-9-23(20)24/h2-16,21,30-32H,17-18H2,1H3/t21-,30+/m1/s1. The molecule has 2 atom stereocenters. The topological polar surface area (TPSA) is 50.4 Å². The number of hydrogen-bond acceptors (Lipinski definition) is 4. The van der Waals surface area contributed by atoms with Gasteiger partial charge in [-0.05, 0) is 58.5 Å². The second-order valence-electron chi connectivity index (χ2n) is 9.01. The van der Waals surface area contributed by atoms with Crippen molar-refractivity contribution < 1.29 is 9.53 Å². The van der Waals surface area contributed by atoms with Gasteiger partial charge in [-0.1, -0.05) is 66.7 Å². The Kier molecular flexibility index (Phi) is 5.06. The Balaban J connectivity index is 1.48. The highest BCUT2D eigenvalue weighted by molar-refractivity contribution is 6.02. The summed E-state index contributed by atoms with van der Waals surface area (Å²) in [7, 11) is 1.67. The summed E-state index contributed by atoms with van der Waals surface area (Å²) in [6.07, 6.45) is 1.27. The molecule has 1 aliphatic heterocycles. The molecule has 0 saturated heterocycles. The number of ether oxygens (including phenoxy) is 1. The van der Waals surface area contributed by atoms with Crippen LogP contribution in [0.5, 0.6) is 5.75 Å². The lowest BCUT2D eigenvalue weighted by atomic mass is 9.78. The van der Waals surface area contributed by atoms with Crippen LogP contribution in [0.25, 0.3) is 10.8 Å². The summed E-state index contributed by atoms with van der Waals surface area (Å²) in [6, 6.07) is 30.8. The zero-order valence-corrected chi connectivity index (χ0v) is 19.0. The van der Waals surface area contributed by atoms with Crippen LogP contribution in [-0.4, -0.2) is 12.9 Å². The lowest BCUT2D eigenvalue weighted by molar-refractivity contribution is -0.116. The van der Waals surface area contributed by atoms with Gasteiger partial charge in [0.2, 0.25) is 0 Å². The van der Waals surface area contributed by atoms with E-state index >= 15 is 0 Å². The summed E-state index contributed by atoms with van der Waals surface area (Å²) in [5, 5.41) is 9.68. The number of hydrogen-bond donors (Lipinski definition) is 2. The fourth-order valence-corrected chi connectivity index (χ4v) is 5.34. The predicted molar refractivity (Wildman–Crippen MR) is 137 cm³/mol. The zero-order chi connectivity index (χ0) is 23.1. The van der Waals surface area contributed by atoms with E-state index in [1.807, 2.05) is 24.3 Å². The lowest BCUT2D eigenvalue weighted by Crippen LogP contribution is -2.27. The third kappa shape index (κ3) is 3.52. The van der Waals surface area contributed by atoms with Crippen LogP contribution in [0.1, 0.15) is 35.9 Å². The molecule has 168 valence electrons. The molecule has 1 heterocycles. The van der Waals surface area contributed by atoms with Gasteiger partial charge in [0.1, 0.15) is 5.75 Å². The highest BCUT2D eigenvalue weighted by Crippen LogP contribution is 2.45. The lowest BCUT2D eigenvalue weighted by Gasteiger charge is -2.30. The number of carbonyl (C=O) groups excluding carboxylic acids is 1. The maximum atomic E-state index is 13.8. The molecule has 4 aromatic carbocycles. The van der Waals surface area contributed by atoms with Crippen molar-refractivity contribution in [2.24, 2.45) is 0 Å². The van der Waals surface area contributed by atoms with E-state index in [0.29, 0.717) is 6.42 Å². The Morgan fingerprint density at radius 2 is 1.53 bits per heavy atom. The van der Waals surface area contributed by atoms with Gasteiger partial charge >= 0.3 is 0 Å². The number of anilines is 2. The second-order valence-corrected chi connectivity index (χ2v) is 9.01. The predicted octanol–water partition coefficient (Wildman–Crippen LogP) is 6.83. The van der Waals surface area contributed by atoms with E-state index in [2.05, 4.69) is 77.4 Å². The number of para-hydroxylation sites is 2. The molecule has 0 spiro atoms. The summed E-state index contributed by atoms with van der Waals surface area (Å²) in [5.74, 6) is 1.14. The number of ketones is 1. The summed E-state index contributed by atoms with van der Waals surface area (Å²) < 4.78 is 5.32. The van der Waals surface area contributed by atoms with Gasteiger partial charge in [0.15, 0.2) is 5.78 Å². The summed E-state index contributed by atoms with van der Waals surface area (Å²) in [6.45, 7) is 0. The monoisotopic (exact) mass is 446 g/mol. The van der Waals surface area contributed by atoms with E-state index in [4.69, 9.17) is 4.74 Å². The average Bonchev–Trinajstić information content (AvgIpc) is 3.05. The number of methoxy groups -OCH3 is 1. The normalized spacial score (nSPS) is 19.5. The number of allylic oxidation sites excluding steroid dienone is 1. The van der Waals surface area contributed by atoms with Gasteiger partial charge in [-0.3, -0.25) is 4.79 Å². The molecule has 0 saturated carbocycles. The molecule has 0 unspecified atom stereocenters. The molecule has 0 fully saturated rings. The van der Waals surface area contributed by atoms with E-state index in [1.165, 1.54) is 10.8 Å². The molecular formula is C30H26N2O2. The van der Waals surface area contributed by atoms with Crippen LogP contribution in [0, 0.1) is 0 Å². The van der Waals surface area contributed by atoms with E-state index in [1.54, 1.807) is 7.11 Å². The number of carbonyl (C=O) groups is 1. The van der Waals surface area contributed by atoms with E-state index in [-0.39, 0.29) is 17.7 Å². The zero-order valence-electron chi connectivity index (χ0n) is 19.0. The molecule has 4 nitrogen and oxygen atoms in total. The smallest absolute Gasteiger partial charge is 0.163 e. The molecule has 0 aromatic heterocycles. The Morgan fingerprint density at radius 3 is 2.35 bits per heavy atom. The van der Waals surface area contributed by atoms with Gasteiger partial charge in [-0.2, -0.15) is 0 Å². The summed E-state index contributed by atoms with van der Waals surface area (Å²) in [5.41, 5.74) is 6.14. The van der Waals surface area contributed by atoms with Gasteiger partial charge in [0, 0.05) is 17.7 Å². The van der Waals surface area contributed by atoms with E-state index in [0.717, 1.165) is 45.9 Å². The number of nitrogens with one attached hydrogen (secondary N) is 2. The van der Waals surface area contributed by atoms with Crippen molar-refractivity contribution in [3.8, 4) is 5.75 Å². The Morgan fingerprint density at radius 1 is 0.794 bits per heavy atom. The van der Waals surface area contributed by atoms with Crippen LogP contribution < -0.4 is 15.4 Å². The summed E-state index contributed by atoms with van der Waals surface area (Å²) >= 11 is 0. The van der Waals surface area contributed by atoms with Crippen molar-refractivity contribution in [3.63, 3.8) is 0 Å². The van der Waals surface area contributed by atoms with Crippen molar-refractivity contribution in [1.82, 2.24) is 0 Å². The van der Waals surface area contributed by atoms with Crippen LogP contribution in [0.15, 0.2) is 102 Å². The van der Waals surface area contributed by atoms with Crippen LogP contribution in [0.2, 0.25) is 0 Å². The van der Waals surface area contributed by atoms with Crippen molar-refractivity contribution in [1.29, 1.82) is 0 Å². The maximum Gasteiger partial charge on any atom is 0.163 e. The van der Waals surface area contributed by atoms with Crippen LogP contribution in [0.3, 0.4) is 0 Å². The van der Waals surface area contributed by atoms with Crippen molar-refractivity contribution in [2.75, 3.05) is 17.7 Å². The number of benzene rings is 4. The first-order chi connectivity index (χ1) is 16.7. The van der Waals surface area contributed by atoms with Gasteiger partial charge in [0.05, 0.1) is 24.5 Å². The molecule has 4 heteroatoms. The summed E-state index contributed by atoms with van der Waals surface area (Å²) in [4.78, 5) is 13.8. The minimum atomic E-state index is -0.221. The SMILES string of the molecule is COc1ccc([C@H]2CC(=O)C3=C(C2)Nc2ccccc2N[C@H]3c2cccc3ccccc23)cc1. The van der Waals surface area contributed by atoms with E-state index < -0.39 is 0 Å². The van der Waals surface area contributed by atoms with Gasteiger partial charge in [0.25, 0.3) is 0 Å². The van der Waals surface area contributed by atoms with Crippen LogP contribution >= 0.6 is 0 Å². The molecule has 0 bridgehead atoms. The molecule has 2 aliphatic rings. The Hall–Kier alpha value is -4.05. The molecule has 0 radical (unpaired) electrons. The van der Waals surface area contributed by atoms with Crippen LogP contribution in [0.4, 0.5) is 11.4 Å². The first kappa shape index (κ1) is 20.5. The average molecular weight is 447 g/mol. The third-order valence-corrected chi connectivity index (χ3v) is 7.03. The van der Waals surface area contributed by atoms with Gasteiger partial charge in [-0.15, -0.1) is 0 Å².